The monoisotopic (exact) mass is 463 g/mol. The summed E-state index contributed by atoms with van der Waals surface area (Å²) in [5.41, 5.74) is 8.42. The van der Waals surface area contributed by atoms with Crippen LogP contribution in [0, 0.1) is 17.1 Å². The van der Waals surface area contributed by atoms with Crippen molar-refractivity contribution in [2.75, 3.05) is 4.90 Å². The number of aromatic amines is 1. The van der Waals surface area contributed by atoms with Crippen molar-refractivity contribution in [1.82, 2.24) is 10.2 Å². The molecule has 170 valence electrons. The Bertz CT molecular complexity index is 1550. The Kier molecular flexibility index (Phi) is 4.47. The van der Waals surface area contributed by atoms with Crippen LogP contribution in [0.15, 0.2) is 90.3 Å². The van der Waals surface area contributed by atoms with Crippen molar-refractivity contribution in [2.24, 2.45) is 5.73 Å². The third-order valence-corrected chi connectivity index (χ3v) is 6.53. The van der Waals surface area contributed by atoms with Gasteiger partial charge in [-0.05, 0) is 23.8 Å². The van der Waals surface area contributed by atoms with Gasteiger partial charge in [-0.1, -0.05) is 60.7 Å². The number of anilines is 1. The minimum Gasteiger partial charge on any atom is -0.420 e. The van der Waals surface area contributed by atoms with Crippen molar-refractivity contribution < 1.29 is 13.9 Å². The molecule has 7 nitrogen and oxygen atoms in total. The molecule has 4 aromatic rings. The van der Waals surface area contributed by atoms with Crippen LogP contribution in [0.3, 0.4) is 0 Å². The van der Waals surface area contributed by atoms with E-state index in [0.29, 0.717) is 22.5 Å². The number of amides is 1. The Labute approximate surface area is 199 Å². The smallest absolute Gasteiger partial charge is 0.248 e. The van der Waals surface area contributed by atoms with Crippen LogP contribution in [0.4, 0.5) is 10.1 Å². The third-order valence-electron chi connectivity index (χ3n) is 6.53. The zero-order valence-electron chi connectivity index (χ0n) is 18.3. The van der Waals surface area contributed by atoms with Gasteiger partial charge < -0.3 is 15.4 Å². The highest BCUT2D eigenvalue weighted by molar-refractivity contribution is 6.15. The third kappa shape index (κ3) is 2.82. The van der Waals surface area contributed by atoms with Crippen LogP contribution in [0.1, 0.15) is 16.7 Å². The van der Waals surface area contributed by atoms with Gasteiger partial charge in [-0.2, -0.15) is 5.26 Å². The van der Waals surface area contributed by atoms with Crippen molar-refractivity contribution in [1.29, 1.82) is 5.26 Å². The van der Waals surface area contributed by atoms with E-state index in [0.717, 1.165) is 11.1 Å². The minimum absolute atomic E-state index is 0.00244. The number of nitriles is 1. The van der Waals surface area contributed by atoms with E-state index in [9.17, 15) is 14.4 Å². The maximum Gasteiger partial charge on any atom is 0.248 e. The maximum absolute atomic E-state index is 14.5. The lowest BCUT2D eigenvalue weighted by atomic mass is 9.68. The summed E-state index contributed by atoms with van der Waals surface area (Å²) in [6.45, 7) is 0.186. The maximum atomic E-state index is 14.5. The second-order valence-electron chi connectivity index (χ2n) is 8.38. The zero-order valence-corrected chi connectivity index (χ0v) is 18.3. The average molecular weight is 463 g/mol. The molecule has 1 unspecified atom stereocenters. The number of aromatic nitrogens is 2. The SMILES string of the molecule is N#CC1=C(N)Oc2n[nH]c(-c3ccccc3)c2C12C(=O)N(Cc1ccc(F)cc1)c1ccccc12. The van der Waals surface area contributed by atoms with E-state index in [1.54, 1.807) is 17.0 Å². The summed E-state index contributed by atoms with van der Waals surface area (Å²) in [5.74, 6) is -0.739. The van der Waals surface area contributed by atoms with Crippen LogP contribution in [-0.2, 0) is 16.8 Å². The van der Waals surface area contributed by atoms with Gasteiger partial charge in [-0.15, -0.1) is 5.10 Å². The highest BCUT2D eigenvalue weighted by Gasteiger charge is 2.61. The Morgan fingerprint density at radius 1 is 1.06 bits per heavy atom. The van der Waals surface area contributed by atoms with Crippen molar-refractivity contribution in [3.8, 4) is 23.2 Å². The molecule has 1 amide bonds. The van der Waals surface area contributed by atoms with Crippen LogP contribution in [-0.4, -0.2) is 16.1 Å². The number of nitrogens with two attached hydrogens (primary N) is 1. The van der Waals surface area contributed by atoms with Gasteiger partial charge >= 0.3 is 0 Å². The van der Waals surface area contributed by atoms with E-state index in [1.807, 2.05) is 54.6 Å². The first-order valence-electron chi connectivity index (χ1n) is 10.9. The van der Waals surface area contributed by atoms with E-state index in [-0.39, 0.29) is 35.6 Å². The number of hydrogen-bond acceptors (Lipinski definition) is 5. The molecular formula is C27H18FN5O2. The van der Waals surface area contributed by atoms with Gasteiger partial charge in [0.2, 0.25) is 17.7 Å². The van der Waals surface area contributed by atoms with Gasteiger partial charge in [0.05, 0.1) is 17.8 Å². The molecule has 3 aromatic carbocycles. The second kappa shape index (κ2) is 7.57. The van der Waals surface area contributed by atoms with Crippen molar-refractivity contribution in [3.05, 3.63) is 113 Å². The van der Waals surface area contributed by atoms with Crippen LogP contribution in [0.25, 0.3) is 11.3 Å². The Morgan fingerprint density at radius 2 is 1.77 bits per heavy atom. The standard InChI is InChI=1S/C27H18FN5O2/c28-18-12-10-16(11-13-18)15-33-21-9-5-4-8-19(21)27(26(33)34)20(14-29)24(30)35-25-22(27)23(31-32-25)17-6-2-1-3-7-17/h1-13H,15,30H2,(H,31,32). The summed E-state index contributed by atoms with van der Waals surface area (Å²) < 4.78 is 19.3. The van der Waals surface area contributed by atoms with E-state index >= 15 is 0 Å². The summed E-state index contributed by atoms with van der Waals surface area (Å²) in [6.07, 6.45) is 0. The van der Waals surface area contributed by atoms with E-state index in [4.69, 9.17) is 10.5 Å². The summed E-state index contributed by atoms with van der Waals surface area (Å²) in [6, 6.07) is 24.8. The number of nitrogens with zero attached hydrogens (tertiary/aromatic N) is 3. The topological polar surface area (TPSA) is 108 Å². The first-order chi connectivity index (χ1) is 17.1. The molecule has 0 saturated heterocycles. The largest absolute Gasteiger partial charge is 0.420 e. The highest BCUT2D eigenvalue weighted by Crippen LogP contribution is 2.57. The lowest BCUT2D eigenvalue weighted by Crippen LogP contribution is -2.45. The Balaban J connectivity index is 1.63. The molecule has 0 bridgehead atoms. The molecule has 35 heavy (non-hydrogen) atoms. The number of halogens is 1. The fourth-order valence-corrected chi connectivity index (χ4v) is 5.03. The lowest BCUT2D eigenvalue weighted by Gasteiger charge is -2.32. The lowest BCUT2D eigenvalue weighted by molar-refractivity contribution is -0.121. The second-order valence-corrected chi connectivity index (χ2v) is 8.38. The number of nitrogens with one attached hydrogen (secondary N) is 1. The van der Waals surface area contributed by atoms with Crippen LogP contribution >= 0.6 is 0 Å². The number of rotatable bonds is 3. The first kappa shape index (κ1) is 20.7. The molecule has 0 fully saturated rings. The fourth-order valence-electron chi connectivity index (χ4n) is 5.03. The summed E-state index contributed by atoms with van der Waals surface area (Å²) in [4.78, 5) is 16.1. The quantitative estimate of drug-likeness (QED) is 0.475. The van der Waals surface area contributed by atoms with E-state index in [2.05, 4.69) is 16.3 Å². The number of benzene rings is 3. The Morgan fingerprint density at radius 3 is 2.51 bits per heavy atom. The number of hydrogen-bond donors (Lipinski definition) is 2. The summed E-state index contributed by atoms with van der Waals surface area (Å²) >= 11 is 0. The van der Waals surface area contributed by atoms with Crippen molar-refractivity contribution in [3.63, 3.8) is 0 Å². The van der Waals surface area contributed by atoms with Gasteiger partial charge in [0, 0.05) is 16.8 Å². The highest BCUT2D eigenvalue weighted by atomic mass is 19.1. The molecular weight excluding hydrogens is 445 g/mol. The fraction of sp³-hybridized carbons (Fsp3) is 0.0741. The molecule has 0 aliphatic carbocycles. The molecule has 3 N–H and O–H groups in total. The predicted octanol–water partition coefficient (Wildman–Crippen LogP) is 4.13. The molecule has 1 spiro atoms. The summed E-state index contributed by atoms with van der Waals surface area (Å²) in [5, 5.41) is 17.6. The predicted molar refractivity (Wildman–Crippen MR) is 126 cm³/mol. The van der Waals surface area contributed by atoms with Gasteiger partial charge in [-0.3, -0.25) is 9.89 Å². The molecule has 3 heterocycles. The number of fused-ring (bicyclic) bond motifs is 4. The summed E-state index contributed by atoms with van der Waals surface area (Å²) in [7, 11) is 0. The molecule has 2 aliphatic rings. The molecule has 0 radical (unpaired) electrons. The molecule has 1 aromatic heterocycles. The zero-order chi connectivity index (χ0) is 24.2. The number of carbonyl (C=O) groups excluding carboxylic acids is 1. The molecule has 1 atom stereocenters. The van der Waals surface area contributed by atoms with E-state index < -0.39 is 5.41 Å². The first-order valence-corrected chi connectivity index (χ1v) is 10.9. The van der Waals surface area contributed by atoms with Crippen molar-refractivity contribution >= 4 is 11.6 Å². The molecule has 8 heteroatoms. The number of ether oxygens (including phenoxy) is 1. The minimum atomic E-state index is -1.55. The van der Waals surface area contributed by atoms with Crippen LogP contribution < -0.4 is 15.4 Å². The Hall–Kier alpha value is -4.90. The average Bonchev–Trinajstić information content (AvgIpc) is 3.40. The number of carbonyl (C=O) groups is 1. The van der Waals surface area contributed by atoms with Gasteiger partial charge in [-0.25, -0.2) is 4.39 Å². The van der Waals surface area contributed by atoms with Crippen LogP contribution in [0.5, 0.6) is 5.88 Å². The van der Waals surface area contributed by atoms with Gasteiger partial charge in [0.1, 0.15) is 22.9 Å². The number of para-hydroxylation sites is 1. The van der Waals surface area contributed by atoms with Gasteiger partial charge in [0.25, 0.3) is 0 Å². The van der Waals surface area contributed by atoms with E-state index in [1.165, 1.54) is 12.1 Å². The molecule has 6 rings (SSSR count). The van der Waals surface area contributed by atoms with Crippen LogP contribution in [0.2, 0.25) is 0 Å². The van der Waals surface area contributed by atoms with Crippen molar-refractivity contribution in [2.45, 2.75) is 12.0 Å². The molecule has 2 aliphatic heterocycles. The normalized spacial score (nSPS) is 18.3. The number of H-pyrrole nitrogens is 1. The van der Waals surface area contributed by atoms with Gasteiger partial charge in [0.15, 0.2) is 0 Å². The molecule has 0 saturated carbocycles.